The van der Waals surface area contributed by atoms with E-state index in [1.54, 1.807) is 35.2 Å². The quantitative estimate of drug-likeness (QED) is 0.153. The SMILES string of the molecule is C=C(C1CCCCC1)N(c1cccc(/C=C/C(=O)OC)c1)C(O)c1ccc(-c2ccc(N)cc2)cc1F. The molecule has 0 saturated heterocycles. The van der Waals surface area contributed by atoms with E-state index in [2.05, 4.69) is 11.3 Å². The summed E-state index contributed by atoms with van der Waals surface area (Å²) in [7, 11) is 1.32. The molecule has 0 bridgehead atoms. The average Bonchev–Trinajstić information content (AvgIpc) is 2.92. The van der Waals surface area contributed by atoms with Crippen LogP contribution in [0.1, 0.15) is 49.5 Å². The van der Waals surface area contributed by atoms with Crippen molar-refractivity contribution in [3.05, 3.63) is 102 Å². The van der Waals surface area contributed by atoms with Gasteiger partial charge in [-0.2, -0.15) is 0 Å². The molecule has 0 amide bonds. The standard InChI is InChI=1S/C31H33FN2O3/c1-21(23-8-4-3-5-9-23)34(27-10-6-7-22(19-27)11-18-30(35)37-2)31(36)28-17-14-25(20-29(28)32)24-12-15-26(33)16-13-24/h6-7,10-20,23,31,36H,1,3-5,8-9,33H2,2H3/b18-11+. The van der Waals surface area contributed by atoms with Crippen molar-refractivity contribution >= 4 is 23.4 Å². The Morgan fingerprint density at radius 1 is 1.08 bits per heavy atom. The van der Waals surface area contributed by atoms with E-state index in [4.69, 9.17) is 5.73 Å². The smallest absolute Gasteiger partial charge is 0.330 e. The van der Waals surface area contributed by atoms with Crippen LogP contribution in [0.2, 0.25) is 0 Å². The molecule has 0 heterocycles. The number of ether oxygens (including phenoxy) is 1. The Bertz CT molecular complexity index is 1280. The second-order valence-corrected chi connectivity index (χ2v) is 9.38. The first-order valence-corrected chi connectivity index (χ1v) is 12.5. The zero-order chi connectivity index (χ0) is 26.4. The molecular weight excluding hydrogens is 467 g/mol. The highest BCUT2D eigenvalue weighted by atomic mass is 19.1. The first-order chi connectivity index (χ1) is 17.9. The number of hydrogen-bond acceptors (Lipinski definition) is 5. The summed E-state index contributed by atoms with van der Waals surface area (Å²) in [6.45, 7) is 4.36. The van der Waals surface area contributed by atoms with Crippen LogP contribution in [-0.2, 0) is 9.53 Å². The molecule has 1 unspecified atom stereocenters. The van der Waals surface area contributed by atoms with Gasteiger partial charge in [0.25, 0.3) is 0 Å². The molecule has 1 fully saturated rings. The lowest BCUT2D eigenvalue weighted by atomic mass is 9.86. The van der Waals surface area contributed by atoms with Gasteiger partial charge in [-0.25, -0.2) is 9.18 Å². The highest BCUT2D eigenvalue weighted by Crippen LogP contribution is 2.39. The Morgan fingerprint density at radius 2 is 1.78 bits per heavy atom. The molecule has 1 saturated carbocycles. The van der Waals surface area contributed by atoms with Gasteiger partial charge >= 0.3 is 5.97 Å². The van der Waals surface area contributed by atoms with Crippen LogP contribution in [0.15, 0.2) is 85.1 Å². The first kappa shape index (κ1) is 26.2. The lowest BCUT2D eigenvalue weighted by molar-refractivity contribution is -0.134. The predicted octanol–water partition coefficient (Wildman–Crippen LogP) is 6.85. The molecule has 0 aromatic heterocycles. The Hall–Kier alpha value is -3.90. The van der Waals surface area contributed by atoms with Crippen LogP contribution in [0.25, 0.3) is 17.2 Å². The van der Waals surface area contributed by atoms with E-state index in [0.29, 0.717) is 16.9 Å². The minimum absolute atomic E-state index is 0.159. The highest BCUT2D eigenvalue weighted by molar-refractivity contribution is 5.87. The lowest BCUT2D eigenvalue weighted by Gasteiger charge is -2.37. The largest absolute Gasteiger partial charge is 0.466 e. The van der Waals surface area contributed by atoms with Crippen LogP contribution in [-0.4, -0.2) is 18.2 Å². The maximum atomic E-state index is 15.5. The number of methoxy groups -OCH3 is 1. The van der Waals surface area contributed by atoms with Crippen LogP contribution < -0.4 is 10.6 Å². The van der Waals surface area contributed by atoms with Crippen LogP contribution >= 0.6 is 0 Å². The molecule has 3 N–H and O–H groups in total. The van der Waals surface area contributed by atoms with Gasteiger partial charge in [0, 0.05) is 28.7 Å². The van der Waals surface area contributed by atoms with Gasteiger partial charge in [0.05, 0.1) is 7.11 Å². The second kappa shape index (κ2) is 11.9. The van der Waals surface area contributed by atoms with E-state index < -0.39 is 18.0 Å². The predicted molar refractivity (Wildman–Crippen MR) is 147 cm³/mol. The maximum Gasteiger partial charge on any atom is 0.330 e. The molecule has 3 aromatic carbocycles. The summed E-state index contributed by atoms with van der Waals surface area (Å²) in [6.07, 6.45) is 7.03. The third-order valence-corrected chi connectivity index (χ3v) is 6.91. The summed E-state index contributed by atoms with van der Waals surface area (Å²) in [5.41, 5.74) is 10.3. The number of esters is 1. The van der Waals surface area contributed by atoms with E-state index in [1.807, 2.05) is 36.4 Å². The number of anilines is 2. The minimum atomic E-state index is -1.28. The number of nitrogen functional groups attached to an aromatic ring is 1. The molecular formula is C31H33FN2O3. The van der Waals surface area contributed by atoms with Crippen molar-refractivity contribution < 1.29 is 19.0 Å². The van der Waals surface area contributed by atoms with Gasteiger partial charge < -0.3 is 20.5 Å². The number of nitrogens with zero attached hydrogens (tertiary/aromatic N) is 1. The zero-order valence-electron chi connectivity index (χ0n) is 21.1. The monoisotopic (exact) mass is 500 g/mol. The molecule has 5 nitrogen and oxygen atoms in total. The normalized spacial score (nSPS) is 14.9. The van der Waals surface area contributed by atoms with Crippen molar-refractivity contribution in [3.63, 3.8) is 0 Å². The Labute approximate surface area is 217 Å². The van der Waals surface area contributed by atoms with Crippen molar-refractivity contribution in [1.82, 2.24) is 0 Å². The van der Waals surface area contributed by atoms with Crippen LogP contribution in [0.3, 0.4) is 0 Å². The van der Waals surface area contributed by atoms with Crippen LogP contribution in [0.4, 0.5) is 15.8 Å². The fourth-order valence-corrected chi connectivity index (χ4v) is 4.84. The van der Waals surface area contributed by atoms with Gasteiger partial charge in [0.15, 0.2) is 6.23 Å². The molecule has 4 rings (SSSR count). The molecule has 0 aliphatic heterocycles. The molecule has 6 heteroatoms. The molecule has 0 spiro atoms. The molecule has 192 valence electrons. The molecule has 1 aliphatic carbocycles. The summed E-state index contributed by atoms with van der Waals surface area (Å²) in [5, 5.41) is 11.6. The number of carbonyl (C=O) groups is 1. The van der Waals surface area contributed by atoms with E-state index >= 15 is 4.39 Å². The summed E-state index contributed by atoms with van der Waals surface area (Å²) in [5.74, 6) is -0.781. The lowest BCUT2D eigenvalue weighted by Crippen LogP contribution is -2.32. The Balaban J connectivity index is 1.70. The number of allylic oxidation sites excluding steroid dienone is 1. The van der Waals surface area contributed by atoms with Gasteiger partial charge in [-0.1, -0.05) is 62.2 Å². The van der Waals surface area contributed by atoms with Crippen molar-refractivity contribution in [3.8, 4) is 11.1 Å². The molecule has 1 atom stereocenters. The number of hydrogen-bond donors (Lipinski definition) is 2. The van der Waals surface area contributed by atoms with E-state index in [-0.39, 0.29) is 11.5 Å². The summed E-state index contributed by atoms with van der Waals surface area (Å²) in [4.78, 5) is 13.3. The molecule has 1 aliphatic rings. The number of benzene rings is 3. The number of aliphatic hydroxyl groups excluding tert-OH is 1. The third-order valence-electron chi connectivity index (χ3n) is 6.91. The third kappa shape index (κ3) is 6.27. The zero-order valence-corrected chi connectivity index (χ0v) is 21.1. The van der Waals surface area contributed by atoms with Gasteiger partial charge in [0.1, 0.15) is 5.82 Å². The van der Waals surface area contributed by atoms with Crippen LogP contribution in [0.5, 0.6) is 0 Å². The van der Waals surface area contributed by atoms with Crippen molar-refractivity contribution in [2.75, 3.05) is 17.7 Å². The molecule has 3 aromatic rings. The maximum absolute atomic E-state index is 15.5. The molecule has 0 radical (unpaired) electrons. The van der Waals surface area contributed by atoms with E-state index in [1.165, 1.54) is 25.7 Å². The van der Waals surface area contributed by atoms with E-state index in [9.17, 15) is 9.90 Å². The van der Waals surface area contributed by atoms with Gasteiger partial charge in [-0.3, -0.25) is 0 Å². The highest BCUT2D eigenvalue weighted by Gasteiger charge is 2.29. The number of carbonyl (C=O) groups excluding carboxylic acids is 1. The average molecular weight is 501 g/mol. The van der Waals surface area contributed by atoms with Crippen molar-refractivity contribution in [1.29, 1.82) is 0 Å². The fourth-order valence-electron chi connectivity index (χ4n) is 4.84. The van der Waals surface area contributed by atoms with E-state index in [0.717, 1.165) is 42.5 Å². The number of nitrogens with two attached hydrogens (primary N) is 1. The van der Waals surface area contributed by atoms with Gasteiger partial charge in [-0.15, -0.1) is 0 Å². The second-order valence-electron chi connectivity index (χ2n) is 9.38. The number of halogens is 1. The van der Waals surface area contributed by atoms with Gasteiger partial charge in [-0.05, 0) is 71.9 Å². The first-order valence-electron chi connectivity index (χ1n) is 12.5. The van der Waals surface area contributed by atoms with Crippen molar-refractivity contribution in [2.24, 2.45) is 5.92 Å². The van der Waals surface area contributed by atoms with Crippen molar-refractivity contribution in [2.45, 2.75) is 38.3 Å². The Morgan fingerprint density at radius 3 is 2.46 bits per heavy atom. The van der Waals surface area contributed by atoms with Crippen LogP contribution in [0, 0.1) is 11.7 Å². The Kier molecular flexibility index (Phi) is 8.41. The summed E-state index contributed by atoms with van der Waals surface area (Å²) < 4.78 is 20.2. The van der Waals surface area contributed by atoms with Gasteiger partial charge in [0.2, 0.25) is 0 Å². The summed E-state index contributed by atoms with van der Waals surface area (Å²) in [6, 6.07) is 19.4. The molecule has 37 heavy (non-hydrogen) atoms. The number of aliphatic hydroxyl groups is 1. The minimum Gasteiger partial charge on any atom is -0.466 e. The fraction of sp³-hybridized carbons (Fsp3) is 0.258. The topological polar surface area (TPSA) is 75.8 Å². The summed E-state index contributed by atoms with van der Waals surface area (Å²) >= 11 is 0. The number of rotatable bonds is 8.